The van der Waals surface area contributed by atoms with Crippen molar-refractivity contribution in [3.05, 3.63) is 24.0 Å². The number of halogens is 1. The highest BCUT2D eigenvalue weighted by atomic mass is 19.1. The lowest BCUT2D eigenvalue weighted by Gasteiger charge is -2.22. The molecule has 0 unspecified atom stereocenters. The molecule has 1 aromatic rings. The van der Waals surface area contributed by atoms with Crippen LogP contribution in [0.3, 0.4) is 0 Å². The predicted molar refractivity (Wildman–Crippen MR) is 107 cm³/mol. The van der Waals surface area contributed by atoms with Gasteiger partial charge in [0.25, 0.3) is 5.91 Å². The van der Waals surface area contributed by atoms with Gasteiger partial charge in [0.15, 0.2) is 0 Å². The molecular weight excluding hydrogens is 375 g/mol. The Balaban J connectivity index is 1.33. The van der Waals surface area contributed by atoms with E-state index < -0.39 is 11.4 Å². The lowest BCUT2D eigenvalue weighted by molar-refractivity contribution is -0.131. The Morgan fingerprint density at radius 1 is 1.14 bits per heavy atom. The van der Waals surface area contributed by atoms with Gasteiger partial charge in [0, 0.05) is 26.1 Å². The smallest absolute Gasteiger partial charge is 0.325 e. The minimum atomic E-state index is -0.725. The summed E-state index contributed by atoms with van der Waals surface area (Å²) in [4.78, 5) is 40.5. The maximum atomic E-state index is 14.4. The van der Waals surface area contributed by atoms with E-state index in [2.05, 4.69) is 15.5 Å². The number of imide groups is 1. The zero-order valence-electron chi connectivity index (χ0n) is 16.5. The summed E-state index contributed by atoms with van der Waals surface area (Å²) >= 11 is 0. The Morgan fingerprint density at radius 3 is 2.59 bits per heavy atom. The SMILES string of the molecule is O=C(CCCN1C(=O)NC2(CCCC2)C1=O)Nc1c(F)cccc1N1CCCC1. The first-order valence-electron chi connectivity index (χ1n) is 10.5. The van der Waals surface area contributed by atoms with Gasteiger partial charge in [0.1, 0.15) is 17.0 Å². The number of urea groups is 1. The van der Waals surface area contributed by atoms with Gasteiger partial charge < -0.3 is 15.5 Å². The number of para-hydroxylation sites is 1. The molecule has 2 heterocycles. The number of hydrogen-bond acceptors (Lipinski definition) is 4. The van der Waals surface area contributed by atoms with E-state index in [1.807, 2.05) is 6.07 Å². The van der Waals surface area contributed by atoms with E-state index in [0.29, 0.717) is 24.9 Å². The minimum absolute atomic E-state index is 0.109. The van der Waals surface area contributed by atoms with E-state index in [1.54, 1.807) is 6.07 Å². The number of benzene rings is 1. The number of anilines is 2. The largest absolute Gasteiger partial charge is 0.370 e. The third kappa shape index (κ3) is 3.80. The summed E-state index contributed by atoms with van der Waals surface area (Å²) in [5, 5.41) is 5.53. The Morgan fingerprint density at radius 2 is 1.86 bits per heavy atom. The molecule has 3 fully saturated rings. The topological polar surface area (TPSA) is 81.8 Å². The van der Waals surface area contributed by atoms with Crippen molar-refractivity contribution in [2.75, 3.05) is 29.9 Å². The average Bonchev–Trinajstić information content (AvgIpc) is 3.42. The maximum Gasteiger partial charge on any atom is 0.325 e. The molecule has 3 aliphatic rings. The van der Waals surface area contributed by atoms with Crippen molar-refractivity contribution in [3.63, 3.8) is 0 Å². The number of nitrogens with one attached hydrogen (secondary N) is 2. The average molecular weight is 402 g/mol. The van der Waals surface area contributed by atoms with E-state index in [4.69, 9.17) is 0 Å². The summed E-state index contributed by atoms with van der Waals surface area (Å²) in [6.07, 6.45) is 5.79. The molecule has 0 atom stereocenters. The molecule has 156 valence electrons. The highest BCUT2D eigenvalue weighted by molar-refractivity contribution is 6.07. The van der Waals surface area contributed by atoms with Gasteiger partial charge in [-0.25, -0.2) is 9.18 Å². The second kappa shape index (κ2) is 8.00. The Labute approximate surface area is 169 Å². The van der Waals surface area contributed by atoms with Gasteiger partial charge in [0.05, 0.1) is 5.69 Å². The van der Waals surface area contributed by atoms with Crippen LogP contribution in [-0.2, 0) is 9.59 Å². The molecular formula is C21H27FN4O3. The van der Waals surface area contributed by atoms with Crippen molar-refractivity contribution in [2.45, 2.75) is 56.9 Å². The number of nitrogens with zero attached hydrogens (tertiary/aromatic N) is 2. The van der Waals surface area contributed by atoms with Crippen LogP contribution in [0.4, 0.5) is 20.6 Å². The summed E-state index contributed by atoms with van der Waals surface area (Å²) in [5.74, 6) is -0.955. The molecule has 4 rings (SSSR count). The van der Waals surface area contributed by atoms with Crippen LogP contribution in [0.5, 0.6) is 0 Å². The number of rotatable bonds is 6. The zero-order chi connectivity index (χ0) is 20.4. The summed E-state index contributed by atoms with van der Waals surface area (Å²) in [5.41, 5.74) is 0.185. The van der Waals surface area contributed by atoms with Crippen molar-refractivity contribution in [1.29, 1.82) is 0 Å². The third-order valence-corrected chi connectivity index (χ3v) is 6.19. The van der Waals surface area contributed by atoms with Crippen LogP contribution in [0.25, 0.3) is 0 Å². The van der Waals surface area contributed by atoms with E-state index in [9.17, 15) is 18.8 Å². The van der Waals surface area contributed by atoms with E-state index >= 15 is 0 Å². The van der Waals surface area contributed by atoms with Crippen LogP contribution in [0.1, 0.15) is 51.4 Å². The van der Waals surface area contributed by atoms with Crippen LogP contribution >= 0.6 is 0 Å². The second-order valence-corrected chi connectivity index (χ2v) is 8.16. The van der Waals surface area contributed by atoms with Gasteiger partial charge in [-0.2, -0.15) is 0 Å². The summed E-state index contributed by atoms with van der Waals surface area (Å²) in [7, 11) is 0. The standard InChI is InChI=1S/C21H27FN4O3/c22-15-7-5-8-16(25-12-3-4-13-25)18(15)23-17(27)9-6-14-26-19(28)21(24-20(26)29)10-1-2-11-21/h5,7-8H,1-4,6,9-14H2,(H,23,27)(H,24,29). The van der Waals surface area contributed by atoms with E-state index in [0.717, 1.165) is 38.8 Å². The molecule has 1 spiro atoms. The Hall–Kier alpha value is -2.64. The molecule has 1 aliphatic carbocycles. The zero-order valence-corrected chi connectivity index (χ0v) is 16.5. The van der Waals surface area contributed by atoms with Gasteiger partial charge in [-0.3, -0.25) is 14.5 Å². The molecule has 4 amide bonds. The predicted octanol–water partition coefficient (Wildman–Crippen LogP) is 3.01. The first kappa shape index (κ1) is 19.7. The van der Waals surface area contributed by atoms with Crippen molar-refractivity contribution in [2.24, 2.45) is 0 Å². The van der Waals surface area contributed by atoms with Crippen LogP contribution in [0, 0.1) is 5.82 Å². The third-order valence-electron chi connectivity index (χ3n) is 6.19. The lowest BCUT2D eigenvalue weighted by atomic mass is 9.98. The van der Waals surface area contributed by atoms with Crippen molar-refractivity contribution in [1.82, 2.24) is 10.2 Å². The van der Waals surface area contributed by atoms with Crippen molar-refractivity contribution >= 4 is 29.2 Å². The highest BCUT2D eigenvalue weighted by Crippen LogP contribution is 2.35. The van der Waals surface area contributed by atoms with Crippen LogP contribution in [-0.4, -0.2) is 47.9 Å². The lowest BCUT2D eigenvalue weighted by Crippen LogP contribution is -2.44. The van der Waals surface area contributed by atoms with E-state index in [-0.39, 0.29) is 36.5 Å². The fourth-order valence-corrected chi connectivity index (χ4v) is 4.65. The van der Waals surface area contributed by atoms with Crippen LogP contribution in [0.15, 0.2) is 18.2 Å². The van der Waals surface area contributed by atoms with Crippen LogP contribution in [0.2, 0.25) is 0 Å². The number of carbonyl (C=O) groups is 3. The summed E-state index contributed by atoms with van der Waals surface area (Å²) in [6, 6.07) is 4.43. The van der Waals surface area contributed by atoms with Gasteiger partial charge in [0.2, 0.25) is 5.91 Å². The van der Waals surface area contributed by atoms with E-state index in [1.165, 1.54) is 11.0 Å². The number of amides is 4. The van der Waals surface area contributed by atoms with Gasteiger partial charge in [-0.1, -0.05) is 18.9 Å². The monoisotopic (exact) mass is 402 g/mol. The Bertz CT molecular complexity index is 816. The maximum absolute atomic E-state index is 14.4. The molecule has 29 heavy (non-hydrogen) atoms. The molecule has 0 radical (unpaired) electrons. The number of hydrogen-bond donors (Lipinski definition) is 2. The molecule has 2 N–H and O–H groups in total. The minimum Gasteiger partial charge on any atom is -0.370 e. The fraction of sp³-hybridized carbons (Fsp3) is 0.571. The normalized spacial score (nSPS) is 20.6. The molecule has 8 heteroatoms. The molecule has 1 aromatic carbocycles. The van der Waals surface area contributed by atoms with Crippen molar-refractivity contribution in [3.8, 4) is 0 Å². The summed E-state index contributed by atoms with van der Waals surface area (Å²) in [6.45, 7) is 1.89. The molecule has 0 bridgehead atoms. The molecule has 7 nitrogen and oxygen atoms in total. The van der Waals surface area contributed by atoms with Crippen LogP contribution < -0.4 is 15.5 Å². The van der Waals surface area contributed by atoms with Gasteiger partial charge >= 0.3 is 6.03 Å². The molecule has 1 saturated carbocycles. The van der Waals surface area contributed by atoms with Crippen molar-refractivity contribution < 1.29 is 18.8 Å². The first-order chi connectivity index (χ1) is 14.0. The number of carbonyl (C=O) groups excluding carboxylic acids is 3. The Kier molecular flexibility index (Phi) is 5.43. The van der Waals surface area contributed by atoms with Gasteiger partial charge in [-0.05, 0) is 44.2 Å². The highest BCUT2D eigenvalue weighted by Gasteiger charge is 2.52. The molecule has 2 saturated heterocycles. The molecule has 0 aromatic heterocycles. The fourth-order valence-electron chi connectivity index (χ4n) is 4.65. The second-order valence-electron chi connectivity index (χ2n) is 8.16. The van der Waals surface area contributed by atoms with Gasteiger partial charge in [-0.15, -0.1) is 0 Å². The first-order valence-corrected chi connectivity index (χ1v) is 10.5. The quantitative estimate of drug-likeness (QED) is 0.717. The summed E-state index contributed by atoms with van der Waals surface area (Å²) < 4.78 is 14.4. The molecule has 2 aliphatic heterocycles.